The number of carbonyl (C=O) groups excluding carboxylic acids is 1. The molecular formula is C33H28Cl4N4O3. The summed E-state index contributed by atoms with van der Waals surface area (Å²) < 4.78 is 1.89. The van der Waals surface area contributed by atoms with E-state index in [4.69, 9.17) is 51.4 Å². The first kappa shape index (κ1) is 30.8. The molecule has 0 unspecified atom stereocenters. The number of pyridine rings is 1. The predicted molar refractivity (Wildman–Crippen MR) is 175 cm³/mol. The third kappa shape index (κ3) is 5.81. The molecule has 1 aliphatic carbocycles. The first-order valence-electron chi connectivity index (χ1n) is 14.0. The molecule has 7 nitrogen and oxygen atoms in total. The Bertz CT molecular complexity index is 1900. The van der Waals surface area contributed by atoms with E-state index in [0.717, 1.165) is 18.2 Å². The lowest BCUT2D eigenvalue weighted by Gasteiger charge is -2.31. The summed E-state index contributed by atoms with van der Waals surface area (Å²) >= 11 is 26.2. The van der Waals surface area contributed by atoms with Gasteiger partial charge in [0, 0.05) is 28.3 Å². The van der Waals surface area contributed by atoms with Gasteiger partial charge in [-0.2, -0.15) is 5.10 Å². The van der Waals surface area contributed by atoms with Crippen LogP contribution in [-0.4, -0.2) is 37.4 Å². The van der Waals surface area contributed by atoms with Crippen molar-refractivity contribution in [2.75, 3.05) is 6.54 Å². The smallest absolute Gasteiger partial charge is 0.251 e. The first-order valence-corrected chi connectivity index (χ1v) is 15.5. The third-order valence-corrected chi connectivity index (χ3v) is 9.26. The minimum absolute atomic E-state index is 0.135. The second-order valence-electron chi connectivity index (χ2n) is 11.5. The van der Waals surface area contributed by atoms with E-state index < -0.39 is 17.1 Å². The number of aliphatic hydroxyl groups is 2. The van der Waals surface area contributed by atoms with Gasteiger partial charge >= 0.3 is 0 Å². The lowest BCUT2D eigenvalue weighted by molar-refractivity contribution is 0.0639. The quantitative estimate of drug-likeness (QED) is 0.156. The maximum absolute atomic E-state index is 13.5. The molecule has 0 aliphatic heterocycles. The summed E-state index contributed by atoms with van der Waals surface area (Å²) in [5.74, 6) is -0.447. The van der Waals surface area contributed by atoms with Crippen LogP contribution >= 0.6 is 46.4 Å². The highest BCUT2D eigenvalue weighted by atomic mass is 35.5. The van der Waals surface area contributed by atoms with E-state index in [1.807, 2.05) is 16.9 Å². The minimum atomic E-state index is -1.86. The zero-order valence-electron chi connectivity index (χ0n) is 23.8. The Morgan fingerprint density at radius 1 is 0.955 bits per heavy atom. The van der Waals surface area contributed by atoms with Gasteiger partial charge in [0.05, 0.1) is 49.7 Å². The molecule has 44 heavy (non-hydrogen) atoms. The van der Waals surface area contributed by atoms with Crippen molar-refractivity contribution in [2.24, 2.45) is 0 Å². The van der Waals surface area contributed by atoms with Crippen LogP contribution in [0.5, 0.6) is 0 Å². The summed E-state index contributed by atoms with van der Waals surface area (Å²) in [6.07, 6.45) is 4.03. The Kier molecular flexibility index (Phi) is 8.16. The molecular weight excluding hydrogens is 642 g/mol. The average Bonchev–Trinajstić information content (AvgIpc) is 3.75. The molecule has 2 aromatic heterocycles. The first-order chi connectivity index (χ1) is 20.9. The highest BCUT2D eigenvalue weighted by molar-refractivity contribution is 6.44. The summed E-state index contributed by atoms with van der Waals surface area (Å²) in [7, 11) is 0. The minimum Gasteiger partial charge on any atom is -0.386 e. The van der Waals surface area contributed by atoms with Gasteiger partial charge in [-0.3, -0.25) is 9.48 Å². The highest BCUT2D eigenvalue weighted by Crippen LogP contribution is 2.42. The summed E-state index contributed by atoms with van der Waals surface area (Å²) in [6, 6.07) is 19.1. The van der Waals surface area contributed by atoms with Crippen LogP contribution < -0.4 is 5.32 Å². The number of hydrogen-bond donors (Lipinski definition) is 3. The number of fused-ring (bicyclic) bond motifs is 1. The number of nitrogens with one attached hydrogen (secondary N) is 1. The van der Waals surface area contributed by atoms with Gasteiger partial charge in [0.25, 0.3) is 5.91 Å². The molecule has 2 heterocycles. The normalized spacial score (nSPS) is 14.9. The second kappa shape index (κ2) is 11.6. The van der Waals surface area contributed by atoms with Crippen LogP contribution in [-0.2, 0) is 11.2 Å². The number of benzene rings is 3. The molecule has 1 saturated carbocycles. The zero-order valence-corrected chi connectivity index (χ0v) is 26.8. The van der Waals surface area contributed by atoms with Crippen molar-refractivity contribution in [3.63, 3.8) is 0 Å². The van der Waals surface area contributed by atoms with Crippen LogP contribution in [0.15, 0.2) is 72.9 Å². The fraction of sp³-hybridized carbons (Fsp3) is 0.242. The molecule has 1 amide bonds. The van der Waals surface area contributed by atoms with E-state index in [0.29, 0.717) is 43.9 Å². The fourth-order valence-corrected chi connectivity index (χ4v) is 6.27. The van der Waals surface area contributed by atoms with Crippen molar-refractivity contribution in [3.05, 3.63) is 115 Å². The van der Waals surface area contributed by atoms with Gasteiger partial charge < -0.3 is 15.5 Å². The van der Waals surface area contributed by atoms with Gasteiger partial charge in [-0.25, -0.2) is 4.98 Å². The maximum atomic E-state index is 13.5. The summed E-state index contributed by atoms with van der Waals surface area (Å²) in [5, 5.41) is 32.7. The van der Waals surface area contributed by atoms with Crippen LogP contribution in [0.2, 0.25) is 20.1 Å². The molecule has 3 aromatic carbocycles. The van der Waals surface area contributed by atoms with Gasteiger partial charge in [-0.1, -0.05) is 88.9 Å². The van der Waals surface area contributed by atoms with Crippen LogP contribution in [0, 0.1) is 0 Å². The Hall–Kier alpha value is -3.17. The molecule has 0 spiro atoms. The number of hydrogen-bond acceptors (Lipinski definition) is 5. The molecule has 3 N–H and O–H groups in total. The molecule has 11 heteroatoms. The zero-order chi connectivity index (χ0) is 31.4. The van der Waals surface area contributed by atoms with Gasteiger partial charge in [-0.15, -0.1) is 0 Å². The molecule has 1 fully saturated rings. The van der Waals surface area contributed by atoms with Crippen LogP contribution in [0.4, 0.5) is 0 Å². The monoisotopic (exact) mass is 668 g/mol. The molecule has 6 rings (SSSR count). The van der Waals surface area contributed by atoms with Crippen molar-refractivity contribution < 1.29 is 15.0 Å². The number of rotatable bonds is 8. The van der Waals surface area contributed by atoms with Crippen molar-refractivity contribution in [3.8, 4) is 11.3 Å². The maximum Gasteiger partial charge on any atom is 0.251 e. The highest BCUT2D eigenvalue weighted by Gasteiger charge is 2.37. The van der Waals surface area contributed by atoms with Crippen molar-refractivity contribution in [1.82, 2.24) is 20.1 Å². The lowest BCUT2D eigenvalue weighted by Crippen LogP contribution is -2.42. The van der Waals surface area contributed by atoms with Crippen molar-refractivity contribution in [1.29, 1.82) is 0 Å². The van der Waals surface area contributed by atoms with E-state index in [1.165, 1.54) is 0 Å². The number of carbonyl (C=O) groups is 1. The Labute approximate surface area is 274 Å². The molecule has 0 radical (unpaired) electrons. The molecule has 0 saturated heterocycles. The van der Waals surface area contributed by atoms with Crippen LogP contribution in [0.3, 0.4) is 0 Å². The van der Waals surface area contributed by atoms with Crippen molar-refractivity contribution >= 4 is 63.2 Å². The Morgan fingerprint density at radius 2 is 1.68 bits per heavy atom. The second-order valence-corrected chi connectivity index (χ2v) is 13.1. The number of halogens is 4. The SMILES string of the molecule is CC(C)(O)c1cc([C@@](O)(CNC(=O)c2cc(Cl)c3nn(C4CC4)cc3c2)c2ccccc2)nc(-c2cccc(Cl)c2Cl)c1Cl. The molecule has 0 bridgehead atoms. The topological polar surface area (TPSA) is 100 Å². The number of aromatic nitrogens is 3. The lowest BCUT2D eigenvalue weighted by atomic mass is 9.86. The molecule has 1 atom stereocenters. The van der Waals surface area contributed by atoms with E-state index in [1.54, 1.807) is 74.5 Å². The molecule has 226 valence electrons. The van der Waals surface area contributed by atoms with Gasteiger partial charge in [0.15, 0.2) is 0 Å². The van der Waals surface area contributed by atoms with Gasteiger partial charge in [0.1, 0.15) is 11.1 Å². The van der Waals surface area contributed by atoms with Gasteiger partial charge in [-0.05, 0) is 56.5 Å². The number of nitrogens with zero attached hydrogens (tertiary/aromatic N) is 3. The fourth-order valence-electron chi connectivity index (χ4n) is 5.18. The van der Waals surface area contributed by atoms with E-state index in [9.17, 15) is 15.0 Å². The van der Waals surface area contributed by atoms with Gasteiger partial charge in [0.2, 0.25) is 0 Å². The summed E-state index contributed by atoms with van der Waals surface area (Å²) in [6.45, 7) is 2.89. The molecule has 1 aliphatic rings. The Morgan fingerprint density at radius 3 is 2.36 bits per heavy atom. The molecule has 5 aromatic rings. The van der Waals surface area contributed by atoms with Crippen LogP contribution in [0.25, 0.3) is 22.2 Å². The van der Waals surface area contributed by atoms with Crippen LogP contribution in [0.1, 0.15) is 59.9 Å². The third-order valence-electron chi connectivity index (χ3n) is 7.77. The Balaban J connectivity index is 1.43. The average molecular weight is 670 g/mol. The summed E-state index contributed by atoms with van der Waals surface area (Å²) in [4.78, 5) is 18.3. The standard InChI is InChI=1S/C33H28Cl4N4O3/c1-32(2,43)23-15-26(39-30(28(23)37)22-9-6-10-24(34)27(22)36)33(44,20-7-4-3-5-8-20)17-38-31(42)18-13-19-16-41(21-11-12-21)40-29(19)25(35)14-18/h3-10,13-16,21,43-44H,11-12,17H2,1-2H3,(H,38,42)/t33-/m1/s1. The summed E-state index contributed by atoms with van der Waals surface area (Å²) in [5.41, 5.74) is -0.785. The van der Waals surface area contributed by atoms with E-state index >= 15 is 0 Å². The van der Waals surface area contributed by atoms with E-state index in [2.05, 4.69) is 10.4 Å². The number of amides is 1. The largest absolute Gasteiger partial charge is 0.386 e. The van der Waals surface area contributed by atoms with E-state index in [-0.39, 0.29) is 28.0 Å². The predicted octanol–water partition coefficient (Wildman–Crippen LogP) is 7.94. The van der Waals surface area contributed by atoms with Crippen molar-refractivity contribution in [2.45, 2.75) is 43.9 Å².